The van der Waals surface area contributed by atoms with Crippen molar-refractivity contribution in [2.75, 3.05) is 5.32 Å². The Morgan fingerprint density at radius 2 is 2.00 bits per heavy atom. The van der Waals surface area contributed by atoms with Gasteiger partial charge in [0.25, 0.3) is 0 Å². The first-order chi connectivity index (χ1) is 9.43. The molecule has 1 atom stereocenters. The van der Waals surface area contributed by atoms with Gasteiger partial charge in [-0.25, -0.2) is 13.4 Å². The Morgan fingerprint density at radius 3 is 2.60 bits per heavy atom. The van der Waals surface area contributed by atoms with E-state index in [4.69, 9.17) is 0 Å². The van der Waals surface area contributed by atoms with E-state index in [0.717, 1.165) is 11.8 Å². The molecule has 0 amide bonds. The van der Waals surface area contributed by atoms with Gasteiger partial charge in [0.15, 0.2) is 0 Å². The van der Waals surface area contributed by atoms with Gasteiger partial charge in [0.1, 0.15) is 0 Å². The zero-order valence-electron chi connectivity index (χ0n) is 10.5. The smallest absolute Gasteiger partial charge is 0.341 e. The summed E-state index contributed by atoms with van der Waals surface area (Å²) in [4.78, 5) is 3.69. The highest BCUT2D eigenvalue weighted by Gasteiger charge is 2.29. The number of hydrogen-bond donors (Lipinski definition) is 1. The molecule has 1 heterocycles. The first-order valence-corrected chi connectivity index (χ1v) is 8.17. The Morgan fingerprint density at radius 1 is 1.30 bits per heavy atom. The summed E-state index contributed by atoms with van der Waals surface area (Å²) in [5.41, 5.74) is 2.52. The number of aromatic nitrogens is 1. The third-order valence-electron chi connectivity index (χ3n) is 2.70. The minimum absolute atomic E-state index is 0.147. The van der Waals surface area contributed by atoms with Crippen molar-refractivity contribution in [3.05, 3.63) is 40.8 Å². The lowest BCUT2D eigenvalue weighted by Gasteiger charge is -2.16. The summed E-state index contributed by atoms with van der Waals surface area (Å²) in [6, 6.07) is 5.33. The van der Waals surface area contributed by atoms with Crippen LogP contribution in [0.3, 0.4) is 0 Å². The van der Waals surface area contributed by atoms with Crippen LogP contribution in [0.15, 0.2) is 40.1 Å². The van der Waals surface area contributed by atoms with E-state index in [-0.39, 0.29) is 11.7 Å². The molecule has 20 heavy (non-hydrogen) atoms. The molecule has 1 aromatic carbocycles. The molecule has 0 aliphatic carbocycles. The number of nitrogens with one attached hydrogen (secondary N) is 1. The van der Waals surface area contributed by atoms with Crippen LogP contribution in [0.5, 0.6) is 0 Å². The number of rotatable bonds is 5. The number of thiazole rings is 1. The molecule has 0 spiro atoms. The first kappa shape index (κ1) is 14.9. The molecule has 0 aliphatic rings. The molecule has 0 fully saturated rings. The van der Waals surface area contributed by atoms with Crippen LogP contribution in [-0.4, -0.2) is 19.2 Å². The molecular formula is C12H12F2N2O2S2. The van der Waals surface area contributed by atoms with Crippen LogP contribution in [0, 0.1) is 0 Å². The van der Waals surface area contributed by atoms with Gasteiger partial charge in [-0.15, -0.1) is 11.3 Å². The van der Waals surface area contributed by atoms with E-state index < -0.39 is 20.5 Å². The van der Waals surface area contributed by atoms with Crippen LogP contribution in [0.2, 0.25) is 0 Å². The number of benzene rings is 1. The monoisotopic (exact) mass is 318 g/mol. The highest BCUT2D eigenvalue weighted by molar-refractivity contribution is 7.91. The molecule has 4 nitrogen and oxygen atoms in total. The van der Waals surface area contributed by atoms with Crippen molar-refractivity contribution >= 4 is 26.9 Å². The number of nitrogens with zero attached hydrogens (tertiary/aromatic N) is 1. The summed E-state index contributed by atoms with van der Waals surface area (Å²) in [5, 5.41) is 4.71. The lowest BCUT2D eigenvalue weighted by Crippen LogP contribution is -2.15. The van der Waals surface area contributed by atoms with E-state index in [9.17, 15) is 17.2 Å². The van der Waals surface area contributed by atoms with E-state index in [1.54, 1.807) is 18.5 Å². The predicted octanol–water partition coefficient (Wildman–Crippen LogP) is 3.31. The summed E-state index contributed by atoms with van der Waals surface area (Å²) < 4.78 is 48.6. The summed E-state index contributed by atoms with van der Waals surface area (Å²) in [7, 11) is -4.64. The second-order valence-electron chi connectivity index (χ2n) is 4.08. The van der Waals surface area contributed by atoms with Crippen molar-refractivity contribution in [3.8, 4) is 0 Å². The lowest BCUT2D eigenvalue weighted by molar-refractivity contribution is 0.235. The molecule has 1 unspecified atom stereocenters. The minimum Gasteiger partial charge on any atom is -0.376 e. The van der Waals surface area contributed by atoms with Crippen LogP contribution in [0.1, 0.15) is 18.7 Å². The number of sulfone groups is 1. The molecule has 0 saturated carbocycles. The SMILES string of the molecule is CC(Nc1ccccc1S(=O)(=O)C(F)F)c1cscn1. The van der Waals surface area contributed by atoms with Crippen LogP contribution in [-0.2, 0) is 9.84 Å². The minimum atomic E-state index is -4.64. The molecule has 108 valence electrons. The summed E-state index contributed by atoms with van der Waals surface area (Å²) in [6.45, 7) is 1.78. The summed E-state index contributed by atoms with van der Waals surface area (Å²) in [5.74, 6) is -3.44. The largest absolute Gasteiger partial charge is 0.376 e. The van der Waals surface area contributed by atoms with Crippen LogP contribution in [0.4, 0.5) is 14.5 Å². The molecule has 0 radical (unpaired) electrons. The van der Waals surface area contributed by atoms with Crippen LogP contribution < -0.4 is 5.32 Å². The maximum atomic E-state index is 12.7. The summed E-state index contributed by atoms with van der Waals surface area (Å²) in [6.07, 6.45) is 0. The van der Waals surface area contributed by atoms with Gasteiger partial charge in [0.2, 0.25) is 9.84 Å². The summed E-state index contributed by atoms with van der Waals surface area (Å²) >= 11 is 1.40. The molecule has 2 aromatic rings. The number of alkyl halides is 2. The van der Waals surface area contributed by atoms with Crippen molar-refractivity contribution in [1.29, 1.82) is 0 Å². The number of anilines is 1. The van der Waals surface area contributed by atoms with Gasteiger partial charge in [0, 0.05) is 5.38 Å². The second-order valence-corrected chi connectivity index (χ2v) is 6.69. The quantitative estimate of drug-likeness (QED) is 0.919. The maximum Gasteiger partial charge on any atom is 0.341 e. The fourth-order valence-electron chi connectivity index (χ4n) is 1.67. The van der Waals surface area contributed by atoms with Crippen molar-refractivity contribution < 1.29 is 17.2 Å². The third-order valence-corrected chi connectivity index (χ3v) is 4.74. The van der Waals surface area contributed by atoms with Crippen molar-refractivity contribution in [2.24, 2.45) is 0 Å². The van der Waals surface area contributed by atoms with Gasteiger partial charge < -0.3 is 5.32 Å². The normalized spacial score (nSPS) is 13.4. The topological polar surface area (TPSA) is 59.1 Å². The molecule has 0 saturated heterocycles. The zero-order valence-corrected chi connectivity index (χ0v) is 12.1. The molecule has 8 heteroatoms. The van der Waals surface area contributed by atoms with Gasteiger partial charge in [0.05, 0.1) is 27.8 Å². The fraction of sp³-hybridized carbons (Fsp3) is 0.250. The van der Waals surface area contributed by atoms with Crippen LogP contribution >= 0.6 is 11.3 Å². The van der Waals surface area contributed by atoms with E-state index in [0.29, 0.717) is 0 Å². The van der Waals surface area contributed by atoms with E-state index in [1.165, 1.54) is 23.5 Å². The number of halogens is 2. The van der Waals surface area contributed by atoms with Crippen molar-refractivity contribution in [2.45, 2.75) is 23.6 Å². The van der Waals surface area contributed by atoms with Gasteiger partial charge in [-0.1, -0.05) is 12.1 Å². The third kappa shape index (κ3) is 2.96. The fourth-order valence-corrected chi connectivity index (χ4v) is 3.21. The maximum absolute atomic E-state index is 12.7. The predicted molar refractivity (Wildman–Crippen MR) is 73.8 cm³/mol. The second kappa shape index (κ2) is 5.84. The van der Waals surface area contributed by atoms with Gasteiger partial charge in [-0.05, 0) is 19.1 Å². The molecule has 1 N–H and O–H groups in total. The molecule has 0 aliphatic heterocycles. The van der Waals surface area contributed by atoms with E-state index >= 15 is 0 Å². The zero-order chi connectivity index (χ0) is 14.8. The van der Waals surface area contributed by atoms with E-state index in [2.05, 4.69) is 10.3 Å². The highest BCUT2D eigenvalue weighted by Crippen LogP contribution is 2.28. The average molecular weight is 318 g/mol. The standard InChI is InChI=1S/C12H12F2N2O2S2/c1-8(10-6-19-7-15-10)16-9-4-2-3-5-11(9)20(17,18)12(13)14/h2-8,12,16H,1H3. The Bertz CT molecular complexity index is 673. The Hall–Kier alpha value is -1.54. The molecular weight excluding hydrogens is 306 g/mol. The van der Waals surface area contributed by atoms with Gasteiger partial charge in [-0.3, -0.25) is 0 Å². The number of para-hydroxylation sites is 1. The Kier molecular flexibility index (Phi) is 4.34. The molecule has 1 aromatic heterocycles. The Balaban J connectivity index is 2.34. The first-order valence-electron chi connectivity index (χ1n) is 5.68. The molecule has 2 rings (SSSR count). The van der Waals surface area contributed by atoms with Crippen molar-refractivity contribution in [1.82, 2.24) is 4.98 Å². The van der Waals surface area contributed by atoms with Crippen molar-refractivity contribution in [3.63, 3.8) is 0 Å². The number of hydrogen-bond acceptors (Lipinski definition) is 5. The van der Waals surface area contributed by atoms with Gasteiger partial charge >= 0.3 is 5.76 Å². The average Bonchev–Trinajstić information content (AvgIpc) is 2.93. The van der Waals surface area contributed by atoms with E-state index in [1.807, 2.05) is 5.38 Å². The highest BCUT2D eigenvalue weighted by atomic mass is 32.2. The Labute approximate surface area is 119 Å². The molecule has 0 bridgehead atoms. The van der Waals surface area contributed by atoms with Crippen LogP contribution in [0.25, 0.3) is 0 Å². The van der Waals surface area contributed by atoms with Gasteiger partial charge in [-0.2, -0.15) is 8.78 Å². The lowest BCUT2D eigenvalue weighted by atomic mass is 10.2.